The summed E-state index contributed by atoms with van der Waals surface area (Å²) >= 11 is 1.67. The number of hydrogen-bond donors (Lipinski definition) is 2. The summed E-state index contributed by atoms with van der Waals surface area (Å²) in [5.41, 5.74) is 6.77. The molecular formula is C12H13ClN2OS. The van der Waals surface area contributed by atoms with Gasteiger partial charge in [0, 0.05) is 28.6 Å². The number of aromatic nitrogens is 1. The maximum atomic E-state index is 9.40. The average molecular weight is 269 g/mol. The van der Waals surface area contributed by atoms with E-state index in [1.807, 2.05) is 18.3 Å². The molecule has 0 spiro atoms. The second kappa shape index (κ2) is 4.64. The van der Waals surface area contributed by atoms with Crippen molar-refractivity contribution in [2.75, 3.05) is 0 Å². The highest BCUT2D eigenvalue weighted by Crippen LogP contribution is 2.43. The molecule has 2 aromatic rings. The van der Waals surface area contributed by atoms with Crippen LogP contribution in [0.5, 0.6) is 5.75 Å². The Balaban J connectivity index is 0.00000108. The van der Waals surface area contributed by atoms with Crippen LogP contribution in [0.1, 0.15) is 17.2 Å². The number of nitrogens with zero attached hydrogens (tertiary/aromatic N) is 1. The molecule has 1 aromatic carbocycles. The van der Waals surface area contributed by atoms with Gasteiger partial charge in [-0.05, 0) is 18.6 Å². The predicted molar refractivity (Wildman–Crippen MR) is 71.8 cm³/mol. The first kappa shape index (κ1) is 12.4. The lowest BCUT2D eigenvalue weighted by atomic mass is 10.2. The first-order chi connectivity index (χ1) is 7.74. The lowest BCUT2D eigenvalue weighted by molar-refractivity contribution is 0.475. The fourth-order valence-electron chi connectivity index (χ4n) is 1.77. The minimum atomic E-state index is 0. The second-order valence-corrected chi connectivity index (χ2v) is 5.19. The van der Waals surface area contributed by atoms with Gasteiger partial charge < -0.3 is 10.8 Å². The van der Waals surface area contributed by atoms with Crippen molar-refractivity contribution < 1.29 is 5.11 Å². The van der Waals surface area contributed by atoms with E-state index in [9.17, 15) is 5.11 Å². The highest BCUT2D eigenvalue weighted by Gasteiger charge is 2.36. The van der Waals surface area contributed by atoms with Gasteiger partial charge >= 0.3 is 0 Å². The predicted octanol–water partition coefficient (Wildman–Crippen LogP) is 2.75. The van der Waals surface area contributed by atoms with Crippen LogP contribution in [-0.4, -0.2) is 16.1 Å². The minimum Gasteiger partial charge on any atom is -0.508 e. The summed E-state index contributed by atoms with van der Waals surface area (Å²) in [6, 6.07) is 7.49. The molecule has 1 aromatic heterocycles. The van der Waals surface area contributed by atoms with Gasteiger partial charge in [-0.3, -0.25) is 0 Å². The van der Waals surface area contributed by atoms with Gasteiger partial charge in [-0.2, -0.15) is 0 Å². The van der Waals surface area contributed by atoms with Crippen molar-refractivity contribution in [3.63, 3.8) is 0 Å². The monoisotopic (exact) mass is 268 g/mol. The van der Waals surface area contributed by atoms with Gasteiger partial charge in [-0.1, -0.05) is 12.1 Å². The summed E-state index contributed by atoms with van der Waals surface area (Å²) in [6.07, 6.45) is 2.98. The van der Waals surface area contributed by atoms with Crippen LogP contribution in [0.25, 0.3) is 10.6 Å². The first-order valence-corrected chi connectivity index (χ1v) is 6.06. The van der Waals surface area contributed by atoms with Gasteiger partial charge in [0.2, 0.25) is 0 Å². The molecule has 3 nitrogen and oxygen atoms in total. The van der Waals surface area contributed by atoms with Gasteiger partial charge in [0.25, 0.3) is 0 Å². The van der Waals surface area contributed by atoms with E-state index in [-0.39, 0.29) is 18.2 Å². The topological polar surface area (TPSA) is 59.1 Å². The van der Waals surface area contributed by atoms with Crippen molar-refractivity contribution >= 4 is 23.7 Å². The molecule has 1 heterocycles. The number of phenols is 1. The SMILES string of the molecule is Cl.NC1CC1c1cnc(-c2cccc(O)c2)s1. The number of aromatic hydroxyl groups is 1. The molecule has 17 heavy (non-hydrogen) atoms. The number of benzene rings is 1. The summed E-state index contributed by atoms with van der Waals surface area (Å²) in [7, 11) is 0. The zero-order valence-electron chi connectivity index (χ0n) is 9.04. The van der Waals surface area contributed by atoms with Crippen LogP contribution in [-0.2, 0) is 0 Å². The Kier molecular flexibility index (Phi) is 3.38. The van der Waals surface area contributed by atoms with E-state index in [4.69, 9.17) is 5.73 Å². The molecule has 90 valence electrons. The van der Waals surface area contributed by atoms with Crippen molar-refractivity contribution in [3.8, 4) is 16.3 Å². The number of rotatable bonds is 2. The smallest absolute Gasteiger partial charge is 0.123 e. The average Bonchev–Trinajstić information content (AvgIpc) is 2.81. The third kappa shape index (κ3) is 2.44. The van der Waals surface area contributed by atoms with Crippen LogP contribution in [0.3, 0.4) is 0 Å². The maximum absolute atomic E-state index is 9.40. The Labute approximate surface area is 110 Å². The fourth-order valence-corrected chi connectivity index (χ4v) is 2.87. The normalized spacial score (nSPS) is 21.9. The van der Waals surface area contributed by atoms with E-state index in [1.165, 1.54) is 4.88 Å². The maximum Gasteiger partial charge on any atom is 0.123 e. The minimum absolute atomic E-state index is 0. The third-order valence-corrected chi connectivity index (χ3v) is 4.00. The van der Waals surface area contributed by atoms with E-state index >= 15 is 0 Å². The van der Waals surface area contributed by atoms with E-state index in [1.54, 1.807) is 23.5 Å². The zero-order chi connectivity index (χ0) is 11.1. The summed E-state index contributed by atoms with van der Waals surface area (Å²) in [6.45, 7) is 0. The van der Waals surface area contributed by atoms with Gasteiger partial charge in [-0.15, -0.1) is 23.7 Å². The van der Waals surface area contributed by atoms with E-state index < -0.39 is 0 Å². The highest BCUT2D eigenvalue weighted by molar-refractivity contribution is 7.15. The Morgan fingerprint density at radius 2 is 2.18 bits per heavy atom. The van der Waals surface area contributed by atoms with Crippen LogP contribution in [0.2, 0.25) is 0 Å². The largest absolute Gasteiger partial charge is 0.508 e. The molecule has 3 N–H and O–H groups in total. The molecule has 0 aliphatic heterocycles. The first-order valence-electron chi connectivity index (χ1n) is 5.25. The fraction of sp³-hybridized carbons (Fsp3) is 0.250. The second-order valence-electron chi connectivity index (χ2n) is 4.12. The number of thiazole rings is 1. The van der Waals surface area contributed by atoms with Crippen LogP contribution in [0, 0.1) is 0 Å². The van der Waals surface area contributed by atoms with Crippen LogP contribution >= 0.6 is 23.7 Å². The van der Waals surface area contributed by atoms with Gasteiger partial charge in [0.05, 0.1) is 0 Å². The van der Waals surface area contributed by atoms with Crippen LogP contribution in [0.4, 0.5) is 0 Å². The molecule has 0 saturated heterocycles. The molecule has 0 radical (unpaired) electrons. The quantitative estimate of drug-likeness (QED) is 0.880. The Morgan fingerprint density at radius 1 is 1.41 bits per heavy atom. The summed E-state index contributed by atoms with van der Waals surface area (Å²) in [5, 5.41) is 10.4. The van der Waals surface area contributed by atoms with Crippen molar-refractivity contribution in [2.24, 2.45) is 5.73 Å². The van der Waals surface area contributed by atoms with Gasteiger partial charge in [0.1, 0.15) is 10.8 Å². The van der Waals surface area contributed by atoms with Crippen LogP contribution in [0.15, 0.2) is 30.5 Å². The van der Waals surface area contributed by atoms with E-state index in [2.05, 4.69) is 4.98 Å². The Bertz CT molecular complexity index is 529. The number of nitrogens with two attached hydrogens (primary N) is 1. The number of halogens is 1. The summed E-state index contributed by atoms with van der Waals surface area (Å²) in [5.74, 6) is 0.779. The molecule has 1 saturated carbocycles. The van der Waals surface area contributed by atoms with E-state index in [0.717, 1.165) is 17.0 Å². The molecule has 3 rings (SSSR count). The van der Waals surface area contributed by atoms with Gasteiger partial charge in [0.15, 0.2) is 0 Å². The molecule has 1 aliphatic carbocycles. The molecule has 1 fully saturated rings. The molecule has 0 bridgehead atoms. The molecule has 1 aliphatic rings. The number of phenolic OH excluding ortho intramolecular Hbond substituents is 1. The van der Waals surface area contributed by atoms with Gasteiger partial charge in [-0.25, -0.2) is 4.98 Å². The number of hydrogen-bond acceptors (Lipinski definition) is 4. The van der Waals surface area contributed by atoms with Crippen LogP contribution < -0.4 is 5.73 Å². The van der Waals surface area contributed by atoms with Crippen molar-refractivity contribution in [1.29, 1.82) is 0 Å². The van der Waals surface area contributed by atoms with E-state index in [0.29, 0.717) is 12.0 Å². The highest BCUT2D eigenvalue weighted by atomic mass is 35.5. The molecule has 5 heteroatoms. The molecule has 2 unspecified atom stereocenters. The third-order valence-electron chi connectivity index (χ3n) is 2.82. The van der Waals surface area contributed by atoms with Crippen molar-refractivity contribution in [1.82, 2.24) is 4.98 Å². The molecule has 2 atom stereocenters. The Hall–Kier alpha value is -1.10. The summed E-state index contributed by atoms with van der Waals surface area (Å²) < 4.78 is 0. The van der Waals surface area contributed by atoms with Crippen molar-refractivity contribution in [2.45, 2.75) is 18.4 Å². The molecule has 0 amide bonds. The lowest BCUT2D eigenvalue weighted by Crippen LogP contribution is -1.99. The lowest BCUT2D eigenvalue weighted by Gasteiger charge is -1.96. The standard InChI is InChI=1S/C12H12N2OS.ClH/c13-10-5-9(10)11-6-14-12(16-11)7-2-1-3-8(15)4-7;/h1-4,6,9-10,15H,5,13H2;1H. The Morgan fingerprint density at radius 3 is 2.82 bits per heavy atom. The summed E-state index contributed by atoms with van der Waals surface area (Å²) in [4.78, 5) is 5.63. The van der Waals surface area contributed by atoms with Crippen molar-refractivity contribution in [3.05, 3.63) is 35.3 Å². The zero-order valence-corrected chi connectivity index (χ0v) is 10.7. The molecular weight excluding hydrogens is 256 g/mol.